The number of hydrogen-bond acceptors (Lipinski definition) is 5. The van der Waals surface area contributed by atoms with E-state index in [1.165, 1.54) is 25.7 Å². The van der Waals surface area contributed by atoms with Gasteiger partial charge >= 0.3 is 0 Å². The van der Waals surface area contributed by atoms with Crippen LogP contribution in [0, 0.1) is 6.92 Å². The molecule has 8 heteroatoms. The second kappa shape index (κ2) is 9.65. The zero-order valence-corrected chi connectivity index (χ0v) is 19.4. The minimum Gasteiger partial charge on any atom is -0.381 e. The minimum absolute atomic E-state index is 0.0688. The fourth-order valence-corrected chi connectivity index (χ4v) is 5.23. The van der Waals surface area contributed by atoms with Gasteiger partial charge in [0.1, 0.15) is 0 Å². The maximum absolute atomic E-state index is 13.1. The van der Waals surface area contributed by atoms with Crippen molar-refractivity contribution < 1.29 is 9.53 Å². The average molecular weight is 452 g/mol. The SMILES string of the molecule is Cc1cc2[nH]c(=O)c3cnn(C4CCOCC4)c3c2cc1C(=O)NCCN1CCCCCC1. The molecule has 3 aromatic rings. The highest BCUT2D eigenvalue weighted by Gasteiger charge is 2.22. The molecule has 4 heterocycles. The summed E-state index contributed by atoms with van der Waals surface area (Å²) in [7, 11) is 0. The monoisotopic (exact) mass is 451 g/mol. The van der Waals surface area contributed by atoms with Crippen molar-refractivity contribution in [3.05, 3.63) is 39.8 Å². The summed E-state index contributed by atoms with van der Waals surface area (Å²) < 4.78 is 7.47. The van der Waals surface area contributed by atoms with E-state index >= 15 is 0 Å². The van der Waals surface area contributed by atoms with Crippen LogP contribution >= 0.6 is 0 Å². The van der Waals surface area contributed by atoms with Crippen LogP contribution in [0.25, 0.3) is 21.8 Å². The number of nitrogens with one attached hydrogen (secondary N) is 2. The summed E-state index contributed by atoms with van der Waals surface area (Å²) in [6.07, 6.45) is 8.46. The van der Waals surface area contributed by atoms with Crippen molar-refractivity contribution in [2.75, 3.05) is 39.4 Å². The molecule has 0 aliphatic carbocycles. The molecule has 33 heavy (non-hydrogen) atoms. The number of pyridine rings is 1. The van der Waals surface area contributed by atoms with Crippen LogP contribution in [0.3, 0.4) is 0 Å². The summed E-state index contributed by atoms with van der Waals surface area (Å²) in [6.45, 7) is 7.05. The Balaban J connectivity index is 1.44. The number of amides is 1. The molecule has 2 fully saturated rings. The van der Waals surface area contributed by atoms with E-state index in [0.29, 0.717) is 30.7 Å². The molecule has 8 nitrogen and oxygen atoms in total. The first-order chi connectivity index (χ1) is 16.1. The first-order valence-corrected chi connectivity index (χ1v) is 12.2. The van der Waals surface area contributed by atoms with E-state index in [1.54, 1.807) is 6.20 Å². The number of benzene rings is 1. The largest absolute Gasteiger partial charge is 0.381 e. The third-order valence-electron chi connectivity index (χ3n) is 7.10. The van der Waals surface area contributed by atoms with E-state index in [-0.39, 0.29) is 17.5 Å². The van der Waals surface area contributed by atoms with Crippen LogP contribution in [0.2, 0.25) is 0 Å². The van der Waals surface area contributed by atoms with Gasteiger partial charge in [-0.3, -0.25) is 14.3 Å². The highest BCUT2D eigenvalue weighted by molar-refractivity contribution is 6.07. The van der Waals surface area contributed by atoms with Gasteiger partial charge in [0.05, 0.1) is 28.7 Å². The number of carbonyl (C=O) groups excluding carboxylic acids is 1. The van der Waals surface area contributed by atoms with E-state index in [2.05, 4.69) is 20.3 Å². The summed E-state index contributed by atoms with van der Waals surface area (Å²) in [5.41, 5.74) is 2.89. The molecule has 0 atom stereocenters. The number of ether oxygens (including phenoxy) is 1. The molecule has 2 saturated heterocycles. The lowest BCUT2D eigenvalue weighted by atomic mass is 10.0. The lowest BCUT2D eigenvalue weighted by Crippen LogP contribution is -2.35. The summed E-state index contributed by atoms with van der Waals surface area (Å²) in [5.74, 6) is -0.0688. The average Bonchev–Trinajstić information content (AvgIpc) is 3.11. The van der Waals surface area contributed by atoms with Crippen LogP contribution < -0.4 is 10.9 Å². The van der Waals surface area contributed by atoms with Gasteiger partial charge in [-0.25, -0.2) is 0 Å². The number of likely N-dealkylation sites (tertiary alicyclic amines) is 1. The zero-order chi connectivity index (χ0) is 22.8. The number of carbonyl (C=O) groups is 1. The van der Waals surface area contributed by atoms with E-state index in [4.69, 9.17) is 4.74 Å². The number of nitrogens with zero attached hydrogens (tertiary/aromatic N) is 3. The Hall–Kier alpha value is -2.71. The zero-order valence-electron chi connectivity index (χ0n) is 19.4. The van der Waals surface area contributed by atoms with Gasteiger partial charge in [-0.05, 0) is 63.4 Å². The molecule has 1 aromatic carbocycles. The number of aromatic amines is 1. The predicted molar refractivity (Wildman–Crippen MR) is 129 cm³/mol. The van der Waals surface area contributed by atoms with Crippen LogP contribution in [0.1, 0.15) is 60.5 Å². The molecule has 0 radical (unpaired) electrons. The van der Waals surface area contributed by atoms with Gasteiger partial charge in [-0.1, -0.05) is 12.8 Å². The Kier molecular flexibility index (Phi) is 6.46. The fourth-order valence-electron chi connectivity index (χ4n) is 5.23. The molecule has 0 unspecified atom stereocenters. The molecule has 2 aliphatic rings. The molecule has 2 aliphatic heterocycles. The first-order valence-electron chi connectivity index (χ1n) is 12.2. The number of fused-ring (bicyclic) bond motifs is 3. The Morgan fingerprint density at radius 3 is 2.67 bits per heavy atom. The standard InChI is InChI=1S/C25H33N5O3/c1-17-14-22-20(15-19(17)24(31)26-8-11-29-9-4-2-3-5-10-29)23-21(25(32)28-22)16-27-30(23)18-6-12-33-13-7-18/h14-16,18H,2-13H2,1H3,(H,26,31)(H,28,32). The first kappa shape index (κ1) is 22.1. The van der Waals surface area contributed by atoms with E-state index in [9.17, 15) is 9.59 Å². The Morgan fingerprint density at radius 1 is 1.15 bits per heavy atom. The summed E-state index contributed by atoms with van der Waals surface area (Å²) >= 11 is 0. The highest BCUT2D eigenvalue weighted by atomic mass is 16.5. The second-order valence-corrected chi connectivity index (χ2v) is 9.37. The molecule has 2 aromatic heterocycles. The van der Waals surface area contributed by atoms with E-state index in [0.717, 1.165) is 54.5 Å². The minimum atomic E-state index is -0.148. The van der Waals surface area contributed by atoms with Gasteiger partial charge in [0, 0.05) is 37.3 Å². The molecule has 176 valence electrons. The van der Waals surface area contributed by atoms with Crippen molar-refractivity contribution >= 4 is 27.7 Å². The molecule has 0 saturated carbocycles. The van der Waals surface area contributed by atoms with Crippen LogP contribution in [0.15, 0.2) is 23.1 Å². The Labute approximate surface area is 193 Å². The topological polar surface area (TPSA) is 92.2 Å². The number of aromatic nitrogens is 3. The maximum atomic E-state index is 13.1. The van der Waals surface area contributed by atoms with Gasteiger partial charge in [-0.15, -0.1) is 0 Å². The molecule has 5 rings (SSSR count). The van der Waals surface area contributed by atoms with Crippen LogP contribution in [0.5, 0.6) is 0 Å². The highest BCUT2D eigenvalue weighted by Crippen LogP contribution is 2.29. The van der Waals surface area contributed by atoms with Crippen LogP contribution in [-0.2, 0) is 4.74 Å². The summed E-state index contributed by atoms with van der Waals surface area (Å²) in [4.78, 5) is 31.2. The Morgan fingerprint density at radius 2 is 1.91 bits per heavy atom. The van der Waals surface area contributed by atoms with Crippen molar-refractivity contribution in [1.29, 1.82) is 0 Å². The third-order valence-corrected chi connectivity index (χ3v) is 7.10. The second-order valence-electron chi connectivity index (χ2n) is 9.37. The lowest BCUT2D eigenvalue weighted by molar-refractivity contribution is 0.0675. The van der Waals surface area contributed by atoms with Gasteiger partial charge in [0.25, 0.3) is 11.5 Å². The van der Waals surface area contributed by atoms with Crippen molar-refractivity contribution in [2.24, 2.45) is 0 Å². The van der Waals surface area contributed by atoms with Crippen LogP contribution in [0.4, 0.5) is 0 Å². The molecular weight excluding hydrogens is 418 g/mol. The number of rotatable bonds is 5. The summed E-state index contributed by atoms with van der Waals surface area (Å²) in [5, 5.41) is 9.10. The fraction of sp³-hybridized carbons (Fsp3) is 0.560. The lowest BCUT2D eigenvalue weighted by Gasteiger charge is -2.23. The Bertz CT molecular complexity index is 1200. The number of H-pyrrole nitrogens is 1. The summed E-state index contributed by atoms with van der Waals surface area (Å²) in [6, 6.07) is 4.01. The van der Waals surface area contributed by atoms with Crippen molar-refractivity contribution in [2.45, 2.75) is 51.5 Å². The van der Waals surface area contributed by atoms with Gasteiger partial charge in [0.15, 0.2) is 0 Å². The van der Waals surface area contributed by atoms with Gasteiger partial charge in [0.2, 0.25) is 0 Å². The molecular formula is C25H33N5O3. The molecule has 1 amide bonds. The van der Waals surface area contributed by atoms with Crippen molar-refractivity contribution in [3.63, 3.8) is 0 Å². The van der Waals surface area contributed by atoms with E-state index < -0.39 is 0 Å². The molecule has 0 spiro atoms. The van der Waals surface area contributed by atoms with E-state index in [1.807, 2.05) is 23.7 Å². The van der Waals surface area contributed by atoms with Crippen molar-refractivity contribution in [1.82, 2.24) is 25.0 Å². The maximum Gasteiger partial charge on any atom is 0.259 e. The normalized spacial score (nSPS) is 18.6. The molecule has 0 bridgehead atoms. The molecule has 2 N–H and O–H groups in total. The number of aryl methyl sites for hydroxylation is 1. The third kappa shape index (κ3) is 4.54. The van der Waals surface area contributed by atoms with Crippen LogP contribution in [-0.4, -0.2) is 65.0 Å². The van der Waals surface area contributed by atoms with Gasteiger partial charge in [-0.2, -0.15) is 5.10 Å². The smallest absolute Gasteiger partial charge is 0.259 e. The van der Waals surface area contributed by atoms with Gasteiger partial charge < -0.3 is 19.9 Å². The quantitative estimate of drug-likeness (QED) is 0.622. The van der Waals surface area contributed by atoms with Crippen molar-refractivity contribution in [3.8, 4) is 0 Å². The predicted octanol–water partition coefficient (Wildman–Crippen LogP) is 3.14. The number of hydrogen-bond donors (Lipinski definition) is 2.